The topological polar surface area (TPSA) is 12.0 Å². The Morgan fingerprint density at radius 1 is 0.615 bits per heavy atom. The van der Waals surface area contributed by atoms with Gasteiger partial charge in [-0.05, 0) is 34.2 Å². The van der Waals surface area contributed by atoms with Crippen LogP contribution in [0.3, 0.4) is 0 Å². The lowest BCUT2D eigenvalue weighted by atomic mass is 9.82. The molecule has 1 aliphatic rings. The number of hydrogen-bond donors (Lipinski definition) is 1. The molecule has 1 N–H and O–H groups in total. The van der Waals surface area contributed by atoms with Crippen LogP contribution >= 0.6 is 0 Å². The van der Waals surface area contributed by atoms with Crippen molar-refractivity contribution in [2.45, 2.75) is 19.3 Å². The zero-order chi connectivity index (χ0) is 17.7. The van der Waals surface area contributed by atoms with Gasteiger partial charge in [0.25, 0.3) is 0 Å². The molecule has 0 spiro atoms. The Morgan fingerprint density at radius 3 is 2.19 bits per heavy atom. The predicted molar refractivity (Wildman–Crippen MR) is 111 cm³/mol. The first-order valence-electron chi connectivity index (χ1n) is 9.14. The average molecular weight is 335 g/mol. The predicted octanol–water partition coefficient (Wildman–Crippen LogP) is 6.89. The molecule has 1 heteroatoms. The van der Waals surface area contributed by atoms with Crippen LogP contribution in [-0.2, 0) is 5.41 Å². The van der Waals surface area contributed by atoms with Gasteiger partial charge in [0.15, 0.2) is 0 Å². The molecule has 0 aliphatic heterocycles. The monoisotopic (exact) mass is 335 g/mol. The zero-order valence-electron chi connectivity index (χ0n) is 15.1. The quantitative estimate of drug-likeness (QED) is 0.420. The summed E-state index contributed by atoms with van der Waals surface area (Å²) in [4.78, 5) is 0. The lowest BCUT2D eigenvalue weighted by Gasteiger charge is -2.21. The molecule has 0 saturated carbocycles. The number of anilines is 2. The van der Waals surface area contributed by atoms with Gasteiger partial charge < -0.3 is 5.32 Å². The van der Waals surface area contributed by atoms with Gasteiger partial charge in [0.1, 0.15) is 0 Å². The molecule has 0 atom stereocenters. The molecule has 26 heavy (non-hydrogen) atoms. The van der Waals surface area contributed by atoms with E-state index in [9.17, 15) is 0 Å². The number of hydrogen-bond acceptors (Lipinski definition) is 1. The van der Waals surface area contributed by atoms with E-state index in [-0.39, 0.29) is 5.41 Å². The Labute approximate surface area is 154 Å². The lowest BCUT2D eigenvalue weighted by molar-refractivity contribution is 0.660. The van der Waals surface area contributed by atoms with Crippen LogP contribution < -0.4 is 5.32 Å². The normalized spacial score (nSPS) is 14.1. The van der Waals surface area contributed by atoms with Crippen LogP contribution in [0, 0.1) is 0 Å². The summed E-state index contributed by atoms with van der Waals surface area (Å²) in [5.74, 6) is 0. The maximum atomic E-state index is 3.73. The minimum atomic E-state index is 0.0301. The van der Waals surface area contributed by atoms with Crippen molar-refractivity contribution in [1.29, 1.82) is 0 Å². The molecular weight excluding hydrogens is 314 g/mol. The van der Waals surface area contributed by atoms with Crippen LogP contribution in [0.4, 0.5) is 11.4 Å². The molecule has 0 amide bonds. The molecule has 0 aromatic heterocycles. The van der Waals surface area contributed by atoms with Crippen molar-refractivity contribution in [1.82, 2.24) is 0 Å². The highest BCUT2D eigenvalue weighted by atomic mass is 14.9. The van der Waals surface area contributed by atoms with Gasteiger partial charge in [-0.15, -0.1) is 0 Å². The largest absolute Gasteiger partial charge is 0.355 e. The molecule has 0 radical (unpaired) electrons. The molecular formula is C25H21N. The number of benzene rings is 4. The van der Waals surface area contributed by atoms with Gasteiger partial charge in [-0.3, -0.25) is 0 Å². The Morgan fingerprint density at radius 2 is 1.27 bits per heavy atom. The fourth-order valence-corrected chi connectivity index (χ4v) is 4.34. The van der Waals surface area contributed by atoms with Crippen molar-refractivity contribution in [3.63, 3.8) is 0 Å². The molecule has 0 fully saturated rings. The third-order valence-electron chi connectivity index (χ3n) is 5.67. The highest BCUT2D eigenvalue weighted by Gasteiger charge is 2.36. The second-order valence-corrected chi connectivity index (χ2v) is 7.55. The summed E-state index contributed by atoms with van der Waals surface area (Å²) in [7, 11) is 0. The van der Waals surface area contributed by atoms with Gasteiger partial charge in [-0.25, -0.2) is 0 Å². The second-order valence-electron chi connectivity index (χ2n) is 7.55. The van der Waals surface area contributed by atoms with Gasteiger partial charge in [-0.1, -0.05) is 86.6 Å². The van der Waals surface area contributed by atoms with E-state index in [1.54, 1.807) is 0 Å². The van der Waals surface area contributed by atoms with Crippen LogP contribution in [0.15, 0.2) is 84.9 Å². The van der Waals surface area contributed by atoms with Crippen molar-refractivity contribution < 1.29 is 0 Å². The average Bonchev–Trinajstić information content (AvgIpc) is 2.91. The first kappa shape index (κ1) is 15.2. The fourth-order valence-electron chi connectivity index (χ4n) is 4.34. The summed E-state index contributed by atoms with van der Waals surface area (Å²) < 4.78 is 0. The first-order chi connectivity index (χ1) is 12.7. The zero-order valence-corrected chi connectivity index (χ0v) is 15.1. The van der Waals surface area contributed by atoms with Crippen molar-refractivity contribution >= 4 is 22.1 Å². The third kappa shape index (κ3) is 2.10. The van der Waals surface area contributed by atoms with E-state index >= 15 is 0 Å². The van der Waals surface area contributed by atoms with Gasteiger partial charge in [0.2, 0.25) is 0 Å². The number of nitrogens with one attached hydrogen (secondary N) is 1. The molecule has 0 saturated heterocycles. The molecule has 5 rings (SSSR count). The Kier molecular flexibility index (Phi) is 3.20. The Bertz CT molecular complexity index is 1130. The van der Waals surface area contributed by atoms with Crippen molar-refractivity contribution in [2.75, 3.05) is 5.32 Å². The summed E-state index contributed by atoms with van der Waals surface area (Å²) in [6, 6.07) is 30.4. The molecule has 1 aliphatic carbocycles. The summed E-state index contributed by atoms with van der Waals surface area (Å²) >= 11 is 0. The van der Waals surface area contributed by atoms with Gasteiger partial charge in [0.05, 0.1) is 0 Å². The molecule has 1 nitrogen and oxygen atoms in total. The number of rotatable bonds is 2. The van der Waals surface area contributed by atoms with E-state index in [0.29, 0.717) is 0 Å². The van der Waals surface area contributed by atoms with E-state index in [0.717, 1.165) is 5.69 Å². The lowest BCUT2D eigenvalue weighted by Crippen LogP contribution is -2.14. The molecule has 0 unspecified atom stereocenters. The standard InChI is InChI=1S/C25H21N/c1-25(2)20-13-6-5-12-19(20)24-21(25)14-8-16-23(24)26-22-15-7-10-17-9-3-4-11-18(17)22/h3-16,26H,1-2H3. The third-order valence-corrected chi connectivity index (χ3v) is 5.67. The Balaban J connectivity index is 1.71. The molecule has 0 heterocycles. The Hall–Kier alpha value is -3.06. The molecule has 0 bridgehead atoms. The minimum absolute atomic E-state index is 0.0301. The van der Waals surface area contributed by atoms with Gasteiger partial charge in [0, 0.05) is 27.7 Å². The second kappa shape index (κ2) is 5.47. The smallest absolute Gasteiger partial charge is 0.0467 e. The number of fused-ring (bicyclic) bond motifs is 4. The van der Waals surface area contributed by atoms with Crippen molar-refractivity contribution in [3.8, 4) is 11.1 Å². The summed E-state index contributed by atoms with van der Waals surface area (Å²) in [5, 5.41) is 6.23. The first-order valence-corrected chi connectivity index (χ1v) is 9.14. The van der Waals surface area contributed by atoms with E-state index < -0.39 is 0 Å². The minimum Gasteiger partial charge on any atom is -0.355 e. The van der Waals surface area contributed by atoms with Crippen LogP contribution in [0.2, 0.25) is 0 Å². The van der Waals surface area contributed by atoms with E-state index in [2.05, 4.69) is 104 Å². The van der Waals surface area contributed by atoms with Crippen LogP contribution in [0.1, 0.15) is 25.0 Å². The maximum absolute atomic E-state index is 3.73. The van der Waals surface area contributed by atoms with E-state index in [1.165, 1.54) is 38.7 Å². The van der Waals surface area contributed by atoms with E-state index in [4.69, 9.17) is 0 Å². The SMILES string of the molecule is CC1(C)c2ccccc2-c2c(Nc3cccc4ccccc34)cccc21. The van der Waals surface area contributed by atoms with Crippen molar-refractivity contribution in [2.24, 2.45) is 0 Å². The van der Waals surface area contributed by atoms with Crippen LogP contribution in [0.25, 0.3) is 21.9 Å². The maximum Gasteiger partial charge on any atom is 0.0467 e. The van der Waals surface area contributed by atoms with E-state index in [1.807, 2.05) is 0 Å². The highest BCUT2D eigenvalue weighted by molar-refractivity contribution is 5.98. The molecule has 4 aromatic carbocycles. The van der Waals surface area contributed by atoms with Crippen LogP contribution in [-0.4, -0.2) is 0 Å². The molecule has 126 valence electrons. The fraction of sp³-hybridized carbons (Fsp3) is 0.120. The molecule has 4 aromatic rings. The summed E-state index contributed by atoms with van der Waals surface area (Å²) in [5.41, 5.74) is 7.83. The summed E-state index contributed by atoms with van der Waals surface area (Å²) in [6.45, 7) is 4.64. The van der Waals surface area contributed by atoms with Gasteiger partial charge >= 0.3 is 0 Å². The van der Waals surface area contributed by atoms with Gasteiger partial charge in [-0.2, -0.15) is 0 Å². The van der Waals surface area contributed by atoms with Crippen molar-refractivity contribution in [3.05, 3.63) is 96.1 Å². The summed E-state index contributed by atoms with van der Waals surface area (Å²) in [6.07, 6.45) is 0. The van der Waals surface area contributed by atoms with Crippen LogP contribution in [0.5, 0.6) is 0 Å². The highest BCUT2D eigenvalue weighted by Crippen LogP contribution is 2.51.